The van der Waals surface area contributed by atoms with Gasteiger partial charge in [-0.3, -0.25) is 0 Å². The lowest BCUT2D eigenvalue weighted by Crippen LogP contribution is -2.04. The molecule has 0 aliphatic rings. The molecule has 2 rings (SSSR count). The highest BCUT2D eigenvalue weighted by atomic mass is 19.2. The predicted octanol–water partition coefficient (Wildman–Crippen LogP) is 3.68. The molecule has 0 aliphatic heterocycles. The molecule has 0 amide bonds. The molecule has 0 saturated heterocycles. The van der Waals surface area contributed by atoms with E-state index in [4.69, 9.17) is 10.5 Å². The average Bonchev–Trinajstić information content (AvgIpc) is 2.49. The highest BCUT2D eigenvalue weighted by Gasteiger charge is 2.27. The van der Waals surface area contributed by atoms with Crippen molar-refractivity contribution in [1.29, 1.82) is 0 Å². The van der Waals surface area contributed by atoms with E-state index in [9.17, 15) is 22.0 Å². The molecule has 7 heteroatoms. The minimum absolute atomic E-state index is 0.0565. The Balaban J connectivity index is 2.35. The fraction of sp³-hybridized carbons (Fsp3) is 0.143. The molecule has 0 aliphatic carbocycles. The standard InChI is InChI=1S/C14H10F5NO/c15-9-10(16)12(18)14(13(19)11(9)17)21-8-3-1-7(2-4-8)5-6-20/h1-4H,5-6,20H2. The van der Waals surface area contributed by atoms with Gasteiger partial charge in [-0.2, -0.15) is 8.78 Å². The van der Waals surface area contributed by atoms with Crippen molar-refractivity contribution in [3.05, 3.63) is 58.9 Å². The van der Waals surface area contributed by atoms with Crippen molar-refractivity contribution in [2.75, 3.05) is 6.54 Å². The lowest BCUT2D eigenvalue weighted by molar-refractivity contribution is 0.332. The van der Waals surface area contributed by atoms with Crippen molar-refractivity contribution in [1.82, 2.24) is 0 Å². The number of rotatable bonds is 4. The number of ether oxygens (including phenoxy) is 1. The molecular weight excluding hydrogens is 293 g/mol. The Bertz CT molecular complexity index is 628. The van der Waals surface area contributed by atoms with E-state index in [-0.39, 0.29) is 5.75 Å². The lowest BCUT2D eigenvalue weighted by Gasteiger charge is -2.10. The zero-order valence-corrected chi connectivity index (χ0v) is 10.6. The van der Waals surface area contributed by atoms with Gasteiger partial charge in [0.15, 0.2) is 0 Å². The maximum atomic E-state index is 13.4. The quantitative estimate of drug-likeness (QED) is 0.531. The van der Waals surface area contributed by atoms with Gasteiger partial charge in [-0.15, -0.1) is 0 Å². The number of hydrogen-bond donors (Lipinski definition) is 1. The summed E-state index contributed by atoms with van der Waals surface area (Å²) < 4.78 is 70.5. The Labute approximate surface area is 116 Å². The zero-order valence-electron chi connectivity index (χ0n) is 10.6. The molecule has 0 radical (unpaired) electrons. The average molecular weight is 303 g/mol. The molecule has 2 aromatic rings. The van der Waals surface area contributed by atoms with Gasteiger partial charge in [0, 0.05) is 0 Å². The second kappa shape index (κ2) is 6.09. The van der Waals surface area contributed by atoms with Gasteiger partial charge in [0.2, 0.25) is 34.8 Å². The van der Waals surface area contributed by atoms with Gasteiger partial charge in [-0.05, 0) is 30.7 Å². The molecule has 0 heterocycles. The molecule has 0 fully saturated rings. The van der Waals surface area contributed by atoms with Gasteiger partial charge in [0.05, 0.1) is 0 Å². The highest BCUT2D eigenvalue weighted by Crippen LogP contribution is 2.32. The topological polar surface area (TPSA) is 35.2 Å². The SMILES string of the molecule is NCCc1ccc(Oc2c(F)c(F)c(F)c(F)c2F)cc1. The number of benzene rings is 2. The normalized spacial score (nSPS) is 10.8. The molecule has 2 N–H and O–H groups in total. The molecule has 0 unspecified atom stereocenters. The van der Waals surface area contributed by atoms with E-state index in [1.54, 1.807) is 12.1 Å². The van der Waals surface area contributed by atoms with E-state index in [1.807, 2.05) is 0 Å². The van der Waals surface area contributed by atoms with Crippen molar-refractivity contribution < 1.29 is 26.7 Å². The summed E-state index contributed by atoms with van der Waals surface area (Å²) in [6.07, 6.45) is 0.586. The van der Waals surface area contributed by atoms with Crippen LogP contribution >= 0.6 is 0 Å². The maximum absolute atomic E-state index is 13.4. The van der Waals surface area contributed by atoms with Crippen LogP contribution in [0.2, 0.25) is 0 Å². The molecule has 0 spiro atoms. The Hall–Kier alpha value is -2.15. The van der Waals surface area contributed by atoms with E-state index in [0.717, 1.165) is 5.56 Å². The molecule has 112 valence electrons. The largest absolute Gasteiger partial charge is 0.451 e. The van der Waals surface area contributed by atoms with Gasteiger partial charge in [-0.1, -0.05) is 12.1 Å². The van der Waals surface area contributed by atoms with E-state index in [1.165, 1.54) is 12.1 Å². The van der Waals surface area contributed by atoms with E-state index < -0.39 is 34.8 Å². The fourth-order valence-corrected chi connectivity index (χ4v) is 1.68. The van der Waals surface area contributed by atoms with Crippen LogP contribution in [-0.2, 0) is 6.42 Å². The molecule has 0 aromatic heterocycles. The van der Waals surface area contributed by atoms with Crippen LogP contribution < -0.4 is 10.5 Å². The molecule has 2 aromatic carbocycles. The van der Waals surface area contributed by atoms with E-state index >= 15 is 0 Å². The third kappa shape index (κ3) is 2.97. The summed E-state index contributed by atoms with van der Waals surface area (Å²) in [6.45, 7) is 0.415. The first-order valence-electron chi connectivity index (χ1n) is 5.94. The van der Waals surface area contributed by atoms with Crippen LogP contribution in [0.25, 0.3) is 0 Å². The van der Waals surface area contributed by atoms with Crippen molar-refractivity contribution in [2.24, 2.45) is 5.73 Å². The van der Waals surface area contributed by atoms with Crippen molar-refractivity contribution in [3.8, 4) is 11.5 Å². The lowest BCUT2D eigenvalue weighted by atomic mass is 10.1. The summed E-state index contributed by atoms with van der Waals surface area (Å²) in [5.41, 5.74) is 6.21. The molecule has 21 heavy (non-hydrogen) atoms. The van der Waals surface area contributed by atoms with Crippen molar-refractivity contribution >= 4 is 0 Å². The Morgan fingerprint density at radius 2 is 1.24 bits per heavy atom. The van der Waals surface area contributed by atoms with Crippen molar-refractivity contribution in [2.45, 2.75) is 6.42 Å². The molecular formula is C14H10F5NO. The third-order valence-corrected chi connectivity index (χ3v) is 2.75. The second-order valence-electron chi connectivity index (χ2n) is 4.18. The predicted molar refractivity (Wildman–Crippen MR) is 65.5 cm³/mol. The number of hydrogen-bond acceptors (Lipinski definition) is 2. The van der Waals surface area contributed by atoms with Gasteiger partial charge < -0.3 is 10.5 Å². The molecule has 0 bridgehead atoms. The van der Waals surface area contributed by atoms with Crippen LogP contribution in [0.15, 0.2) is 24.3 Å². The first-order chi connectivity index (χ1) is 9.95. The Morgan fingerprint density at radius 1 is 0.762 bits per heavy atom. The van der Waals surface area contributed by atoms with Gasteiger partial charge in [-0.25, -0.2) is 13.2 Å². The van der Waals surface area contributed by atoms with Gasteiger partial charge in [0.1, 0.15) is 5.75 Å². The zero-order chi connectivity index (χ0) is 15.6. The Morgan fingerprint density at radius 3 is 1.71 bits per heavy atom. The monoisotopic (exact) mass is 303 g/mol. The van der Waals surface area contributed by atoms with Gasteiger partial charge in [0.25, 0.3) is 0 Å². The third-order valence-electron chi connectivity index (χ3n) is 2.75. The first-order valence-corrected chi connectivity index (χ1v) is 5.94. The molecule has 0 atom stereocenters. The summed E-state index contributed by atoms with van der Waals surface area (Å²) in [5.74, 6) is -11.8. The molecule has 2 nitrogen and oxygen atoms in total. The molecule has 0 saturated carbocycles. The van der Waals surface area contributed by atoms with E-state index in [2.05, 4.69) is 0 Å². The summed E-state index contributed by atoms with van der Waals surface area (Å²) >= 11 is 0. The van der Waals surface area contributed by atoms with Crippen LogP contribution in [0, 0.1) is 29.1 Å². The fourth-order valence-electron chi connectivity index (χ4n) is 1.68. The number of halogens is 5. The van der Waals surface area contributed by atoms with Crippen molar-refractivity contribution in [3.63, 3.8) is 0 Å². The van der Waals surface area contributed by atoms with Gasteiger partial charge >= 0.3 is 0 Å². The summed E-state index contributed by atoms with van der Waals surface area (Å²) in [6, 6.07) is 5.86. The van der Waals surface area contributed by atoms with Crippen LogP contribution in [0.1, 0.15) is 5.56 Å². The minimum atomic E-state index is -2.23. The first kappa shape index (κ1) is 15.2. The van der Waals surface area contributed by atoms with Crippen LogP contribution in [0.4, 0.5) is 22.0 Å². The smallest absolute Gasteiger partial charge is 0.207 e. The summed E-state index contributed by atoms with van der Waals surface area (Å²) in [7, 11) is 0. The maximum Gasteiger partial charge on any atom is 0.207 e. The van der Waals surface area contributed by atoms with Crippen LogP contribution in [0.3, 0.4) is 0 Å². The number of nitrogens with two attached hydrogens (primary N) is 1. The summed E-state index contributed by atoms with van der Waals surface area (Å²) in [5, 5.41) is 0. The highest BCUT2D eigenvalue weighted by molar-refractivity contribution is 5.36. The van der Waals surface area contributed by atoms with Crippen LogP contribution in [-0.4, -0.2) is 6.54 Å². The van der Waals surface area contributed by atoms with Crippen LogP contribution in [0.5, 0.6) is 11.5 Å². The Kier molecular flexibility index (Phi) is 4.42. The minimum Gasteiger partial charge on any atom is -0.451 e. The summed E-state index contributed by atoms with van der Waals surface area (Å²) in [4.78, 5) is 0. The second-order valence-corrected chi connectivity index (χ2v) is 4.18. The van der Waals surface area contributed by atoms with E-state index in [0.29, 0.717) is 13.0 Å².